The highest BCUT2D eigenvalue weighted by atomic mass is 19.1. The fraction of sp³-hybridized carbons (Fsp3) is 0.118. The Morgan fingerprint density at radius 1 is 1.24 bits per heavy atom. The van der Waals surface area contributed by atoms with Gasteiger partial charge in [0.15, 0.2) is 17.2 Å². The Bertz CT molecular complexity index is 933. The number of benzene rings is 1. The molecular weight excluding hydrogens is 329 g/mol. The third-order valence-electron chi connectivity index (χ3n) is 3.45. The number of methoxy groups -OCH3 is 1. The molecule has 25 heavy (non-hydrogen) atoms. The second kappa shape index (κ2) is 7.10. The van der Waals surface area contributed by atoms with Crippen LogP contribution in [0.5, 0.6) is 17.4 Å². The highest BCUT2D eigenvalue weighted by Crippen LogP contribution is 2.31. The van der Waals surface area contributed by atoms with Crippen LogP contribution < -0.4 is 15.0 Å². The summed E-state index contributed by atoms with van der Waals surface area (Å²) in [5.74, 6) is -0.464. The molecule has 0 bridgehead atoms. The number of halogens is 1. The zero-order valence-corrected chi connectivity index (χ0v) is 13.2. The standard InChI is InChI=1S/C17H14FN3O4/c1-24-16-5-3-11-13(6-7-19-17(11)20-16)25-14-4-2-10(8-12(14)18)9-15(22)21-23/h2-8,23H,9H2,1H3,(H,21,22). The van der Waals surface area contributed by atoms with Gasteiger partial charge >= 0.3 is 0 Å². The van der Waals surface area contributed by atoms with Crippen LogP contribution in [0.25, 0.3) is 11.0 Å². The molecule has 8 heteroatoms. The van der Waals surface area contributed by atoms with Gasteiger partial charge in [-0.2, -0.15) is 4.98 Å². The highest BCUT2D eigenvalue weighted by Gasteiger charge is 2.11. The largest absolute Gasteiger partial charge is 0.481 e. The highest BCUT2D eigenvalue weighted by molar-refractivity contribution is 5.82. The molecule has 7 nitrogen and oxygen atoms in total. The number of aromatic nitrogens is 2. The normalized spacial score (nSPS) is 10.5. The van der Waals surface area contributed by atoms with Gasteiger partial charge < -0.3 is 9.47 Å². The van der Waals surface area contributed by atoms with Gasteiger partial charge in [-0.25, -0.2) is 14.9 Å². The van der Waals surface area contributed by atoms with Crippen LogP contribution in [0.4, 0.5) is 4.39 Å². The molecule has 2 aromatic heterocycles. The molecule has 3 rings (SSSR count). The minimum absolute atomic E-state index is 0.00326. The molecule has 1 amide bonds. The summed E-state index contributed by atoms with van der Waals surface area (Å²) in [6.07, 6.45) is 1.36. The van der Waals surface area contributed by atoms with Gasteiger partial charge in [-0.1, -0.05) is 6.07 Å². The maximum atomic E-state index is 14.2. The Labute approximate surface area is 142 Å². The van der Waals surface area contributed by atoms with Crippen LogP contribution >= 0.6 is 0 Å². The van der Waals surface area contributed by atoms with Crippen molar-refractivity contribution in [3.05, 3.63) is 54.0 Å². The second-order valence-electron chi connectivity index (χ2n) is 5.11. The van der Waals surface area contributed by atoms with Gasteiger partial charge in [-0.15, -0.1) is 0 Å². The third kappa shape index (κ3) is 3.64. The Hall–Kier alpha value is -3.26. The van der Waals surface area contributed by atoms with E-state index in [1.165, 1.54) is 37.0 Å². The van der Waals surface area contributed by atoms with Crippen LogP contribution in [0.15, 0.2) is 42.6 Å². The van der Waals surface area contributed by atoms with Crippen LogP contribution in [0, 0.1) is 5.82 Å². The average molecular weight is 343 g/mol. The Morgan fingerprint density at radius 3 is 2.80 bits per heavy atom. The second-order valence-corrected chi connectivity index (χ2v) is 5.11. The van der Waals surface area contributed by atoms with E-state index in [0.717, 1.165) is 0 Å². The van der Waals surface area contributed by atoms with Gasteiger partial charge in [0.1, 0.15) is 5.75 Å². The lowest BCUT2D eigenvalue weighted by molar-refractivity contribution is -0.128. The van der Waals surface area contributed by atoms with Crippen molar-refractivity contribution in [2.24, 2.45) is 0 Å². The SMILES string of the molecule is COc1ccc2c(Oc3ccc(CC(=O)NO)cc3F)ccnc2n1. The Morgan fingerprint density at radius 2 is 2.08 bits per heavy atom. The quantitative estimate of drug-likeness (QED) is 0.546. The van der Waals surface area contributed by atoms with E-state index >= 15 is 0 Å². The lowest BCUT2D eigenvalue weighted by atomic mass is 10.1. The summed E-state index contributed by atoms with van der Waals surface area (Å²) in [4.78, 5) is 19.5. The van der Waals surface area contributed by atoms with Gasteiger partial charge in [-0.05, 0) is 29.8 Å². The predicted octanol–water partition coefficient (Wildman–Crippen LogP) is 2.62. The number of hydrogen-bond donors (Lipinski definition) is 2. The molecule has 0 aliphatic carbocycles. The smallest absolute Gasteiger partial charge is 0.247 e. The van der Waals surface area contributed by atoms with E-state index in [0.29, 0.717) is 28.2 Å². The van der Waals surface area contributed by atoms with Crippen molar-refractivity contribution >= 4 is 16.9 Å². The lowest BCUT2D eigenvalue weighted by Crippen LogP contribution is -2.20. The van der Waals surface area contributed by atoms with Crippen molar-refractivity contribution < 1.29 is 23.9 Å². The van der Waals surface area contributed by atoms with Crippen molar-refractivity contribution in [3.8, 4) is 17.4 Å². The minimum atomic E-state index is -0.631. The van der Waals surface area contributed by atoms with E-state index in [2.05, 4.69) is 9.97 Å². The monoisotopic (exact) mass is 343 g/mol. The van der Waals surface area contributed by atoms with Gasteiger partial charge in [0.25, 0.3) is 0 Å². The first-order chi connectivity index (χ1) is 12.1. The summed E-state index contributed by atoms with van der Waals surface area (Å²) in [6.45, 7) is 0. The van der Waals surface area contributed by atoms with E-state index in [4.69, 9.17) is 14.7 Å². The van der Waals surface area contributed by atoms with E-state index in [9.17, 15) is 9.18 Å². The van der Waals surface area contributed by atoms with Crippen LogP contribution in [0.2, 0.25) is 0 Å². The number of ether oxygens (including phenoxy) is 2. The summed E-state index contributed by atoms with van der Waals surface area (Å²) in [5.41, 5.74) is 2.32. The molecule has 0 spiro atoms. The van der Waals surface area contributed by atoms with E-state index in [-0.39, 0.29) is 12.2 Å². The van der Waals surface area contributed by atoms with E-state index in [1.807, 2.05) is 0 Å². The fourth-order valence-corrected chi connectivity index (χ4v) is 2.27. The van der Waals surface area contributed by atoms with Crippen LogP contribution in [-0.2, 0) is 11.2 Å². The predicted molar refractivity (Wildman–Crippen MR) is 86.2 cm³/mol. The maximum absolute atomic E-state index is 14.2. The number of nitrogens with one attached hydrogen (secondary N) is 1. The summed E-state index contributed by atoms with van der Waals surface area (Å²) in [6, 6.07) is 9.11. The number of rotatable bonds is 5. The summed E-state index contributed by atoms with van der Waals surface area (Å²) < 4.78 is 24.9. The number of carbonyl (C=O) groups is 1. The summed E-state index contributed by atoms with van der Waals surface area (Å²) in [7, 11) is 1.50. The molecule has 3 aromatic rings. The van der Waals surface area contributed by atoms with Crippen LogP contribution in [0.3, 0.4) is 0 Å². The summed E-state index contributed by atoms with van der Waals surface area (Å²) >= 11 is 0. The summed E-state index contributed by atoms with van der Waals surface area (Å²) in [5, 5.41) is 9.12. The molecule has 128 valence electrons. The first-order valence-corrected chi connectivity index (χ1v) is 7.29. The van der Waals surface area contributed by atoms with Crippen molar-refractivity contribution in [2.45, 2.75) is 6.42 Å². The van der Waals surface area contributed by atoms with Gasteiger partial charge in [-0.3, -0.25) is 10.0 Å². The topological polar surface area (TPSA) is 93.6 Å². The molecule has 2 N–H and O–H groups in total. The van der Waals surface area contributed by atoms with Crippen molar-refractivity contribution in [3.63, 3.8) is 0 Å². The lowest BCUT2D eigenvalue weighted by Gasteiger charge is -2.10. The fourth-order valence-electron chi connectivity index (χ4n) is 2.27. The van der Waals surface area contributed by atoms with Crippen molar-refractivity contribution in [1.29, 1.82) is 0 Å². The number of amides is 1. The molecule has 0 radical (unpaired) electrons. The van der Waals surface area contributed by atoms with Crippen molar-refractivity contribution in [2.75, 3.05) is 7.11 Å². The van der Waals surface area contributed by atoms with Crippen LogP contribution in [-0.4, -0.2) is 28.2 Å². The molecule has 0 unspecified atom stereocenters. The number of pyridine rings is 2. The number of carbonyl (C=O) groups excluding carboxylic acids is 1. The Kier molecular flexibility index (Phi) is 4.71. The molecule has 0 aliphatic rings. The minimum Gasteiger partial charge on any atom is -0.481 e. The molecule has 0 fully saturated rings. The molecule has 0 saturated carbocycles. The molecule has 0 aliphatic heterocycles. The molecule has 0 atom stereocenters. The zero-order chi connectivity index (χ0) is 17.8. The number of hydrogen-bond acceptors (Lipinski definition) is 6. The molecule has 0 saturated heterocycles. The molecule has 1 aromatic carbocycles. The first kappa shape index (κ1) is 16.6. The molecule has 2 heterocycles. The van der Waals surface area contributed by atoms with Crippen LogP contribution in [0.1, 0.15) is 5.56 Å². The van der Waals surface area contributed by atoms with Crippen molar-refractivity contribution in [1.82, 2.24) is 15.4 Å². The van der Waals surface area contributed by atoms with E-state index in [1.54, 1.807) is 18.2 Å². The number of nitrogens with zero attached hydrogens (tertiary/aromatic N) is 2. The maximum Gasteiger partial charge on any atom is 0.247 e. The number of hydroxylamine groups is 1. The number of fused-ring (bicyclic) bond motifs is 1. The first-order valence-electron chi connectivity index (χ1n) is 7.29. The zero-order valence-electron chi connectivity index (χ0n) is 13.2. The van der Waals surface area contributed by atoms with Gasteiger partial charge in [0, 0.05) is 12.3 Å². The Balaban J connectivity index is 1.89. The van der Waals surface area contributed by atoms with Gasteiger partial charge in [0.05, 0.1) is 18.9 Å². The van der Waals surface area contributed by atoms with Gasteiger partial charge in [0.2, 0.25) is 11.8 Å². The van der Waals surface area contributed by atoms with E-state index < -0.39 is 11.7 Å². The third-order valence-corrected chi connectivity index (χ3v) is 3.45. The molecular formula is C17H14FN3O4. The average Bonchev–Trinajstić information content (AvgIpc) is 2.63.